The zero-order valence-electron chi connectivity index (χ0n) is 16.9. The third-order valence-electron chi connectivity index (χ3n) is 5.09. The highest BCUT2D eigenvalue weighted by Gasteiger charge is 2.14. The van der Waals surface area contributed by atoms with Crippen LogP contribution >= 0.6 is 0 Å². The molecule has 5 heteroatoms. The molecule has 28 heavy (non-hydrogen) atoms. The number of nitrogens with one attached hydrogen (secondary N) is 2. The summed E-state index contributed by atoms with van der Waals surface area (Å²) in [5.74, 6) is 0.659. The Bertz CT molecular complexity index is 928. The van der Waals surface area contributed by atoms with E-state index in [1.165, 1.54) is 0 Å². The lowest BCUT2D eigenvalue weighted by molar-refractivity contribution is -0.115. The van der Waals surface area contributed by atoms with E-state index in [0.29, 0.717) is 24.5 Å². The summed E-state index contributed by atoms with van der Waals surface area (Å²) in [5, 5.41) is 4.11. The van der Waals surface area contributed by atoms with E-state index in [2.05, 4.69) is 29.0 Å². The Hall–Kier alpha value is -2.79. The van der Waals surface area contributed by atoms with Crippen LogP contribution in [-0.2, 0) is 11.2 Å². The molecule has 2 N–H and O–H groups in total. The number of likely N-dealkylation sites (N-methyl/N-ethyl adjacent to an activating group) is 1. The van der Waals surface area contributed by atoms with E-state index >= 15 is 0 Å². The molecule has 3 aromatic rings. The fraction of sp³-hybridized carbons (Fsp3) is 0.348. The molecule has 3 rings (SSSR count). The Balaban J connectivity index is 1.66. The number of fused-ring (bicyclic) bond motifs is 1. The summed E-state index contributed by atoms with van der Waals surface area (Å²) in [6, 6.07) is 15.7. The van der Waals surface area contributed by atoms with Crippen molar-refractivity contribution in [3.05, 3.63) is 59.8 Å². The number of aryl methyl sites for hydroxylation is 1. The summed E-state index contributed by atoms with van der Waals surface area (Å²) in [7, 11) is 0. The number of hydrogen-bond donors (Lipinski definition) is 2. The van der Waals surface area contributed by atoms with Crippen LogP contribution in [0.3, 0.4) is 0 Å². The van der Waals surface area contributed by atoms with Crippen molar-refractivity contribution in [3.8, 4) is 5.75 Å². The van der Waals surface area contributed by atoms with Crippen molar-refractivity contribution in [2.24, 2.45) is 0 Å². The average molecular weight is 380 g/mol. The highest BCUT2D eigenvalue weighted by molar-refractivity contribution is 5.97. The number of anilines is 1. The number of aromatic amines is 1. The Morgan fingerprint density at radius 3 is 2.57 bits per heavy atom. The monoisotopic (exact) mass is 379 g/mol. The Labute approximate surface area is 166 Å². The molecule has 1 aromatic heterocycles. The van der Waals surface area contributed by atoms with Crippen LogP contribution in [0.1, 0.15) is 25.1 Å². The van der Waals surface area contributed by atoms with Gasteiger partial charge in [0.1, 0.15) is 12.4 Å². The summed E-state index contributed by atoms with van der Waals surface area (Å²) in [5.41, 5.74) is 3.83. The molecule has 0 atom stereocenters. The number of amides is 1. The Morgan fingerprint density at radius 2 is 1.79 bits per heavy atom. The van der Waals surface area contributed by atoms with E-state index in [9.17, 15) is 4.79 Å². The van der Waals surface area contributed by atoms with Crippen LogP contribution in [0.5, 0.6) is 5.75 Å². The third-order valence-corrected chi connectivity index (χ3v) is 5.09. The normalized spacial score (nSPS) is 11.1. The number of nitrogens with zero attached hydrogens (tertiary/aromatic N) is 1. The van der Waals surface area contributed by atoms with Gasteiger partial charge in [0.2, 0.25) is 5.91 Å². The summed E-state index contributed by atoms with van der Waals surface area (Å²) >= 11 is 0. The summed E-state index contributed by atoms with van der Waals surface area (Å²) in [4.78, 5) is 18.4. The van der Waals surface area contributed by atoms with Crippen molar-refractivity contribution < 1.29 is 9.53 Å². The van der Waals surface area contributed by atoms with Crippen LogP contribution in [-0.4, -0.2) is 42.0 Å². The van der Waals surface area contributed by atoms with Gasteiger partial charge < -0.3 is 19.9 Å². The first-order valence-corrected chi connectivity index (χ1v) is 9.92. The fourth-order valence-electron chi connectivity index (χ4n) is 3.44. The van der Waals surface area contributed by atoms with Gasteiger partial charge in [0.05, 0.1) is 12.1 Å². The molecule has 0 bridgehead atoms. The number of hydrogen-bond acceptors (Lipinski definition) is 3. The highest BCUT2D eigenvalue weighted by Crippen LogP contribution is 2.26. The molecular weight excluding hydrogens is 350 g/mol. The number of rotatable bonds is 9. The third kappa shape index (κ3) is 4.73. The molecule has 0 saturated heterocycles. The molecule has 1 heterocycles. The van der Waals surface area contributed by atoms with E-state index < -0.39 is 0 Å². The Morgan fingerprint density at radius 1 is 1.07 bits per heavy atom. The van der Waals surface area contributed by atoms with Crippen LogP contribution in [0.2, 0.25) is 0 Å². The highest BCUT2D eigenvalue weighted by atomic mass is 16.5. The minimum absolute atomic E-state index is 0.0485. The molecule has 0 aliphatic rings. The summed E-state index contributed by atoms with van der Waals surface area (Å²) in [6.45, 7) is 9.76. The lowest BCUT2D eigenvalue weighted by Crippen LogP contribution is -2.28. The van der Waals surface area contributed by atoms with Gasteiger partial charge in [-0.05, 0) is 43.8 Å². The Kier molecular flexibility index (Phi) is 6.71. The van der Waals surface area contributed by atoms with Crippen LogP contribution in [0.4, 0.5) is 5.69 Å². The largest absolute Gasteiger partial charge is 0.490 e. The maximum atomic E-state index is 12.7. The minimum Gasteiger partial charge on any atom is -0.490 e. The van der Waals surface area contributed by atoms with Crippen molar-refractivity contribution in [2.45, 2.75) is 27.2 Å². The van der Waals surface area contributed by atoms with Crippen LogP contribution in [0, 0.1) is 6.92 Å². The lowest BCUT2D eigenvalue weighted by Gasteiger charge is -2.19. The number of benzene rings is 2. The topological polar surface area (TPSA) is 57.4 Å². The molecule has 0 fully saturated rings. The van der Waals surface area contributed by atoms with Crippen molar-refractivity contribution >= 4 is 22.5 Å². The summed E-state index contributed by atoms with van der Waals surface area (Å²) < 4.78 is 5.94. The number of para-hydroxylation sites is 3. The van der Waals surface area contributed by atoms with Crippen LogP contribution in [0.15, 0.2) is 48.5 Å². The van der Waals surface area contributed by atoms with E-state index in [0.717, 1.165) is 41.8 Å². The van der Waals surface area contributed by atoms with E-state index in [1.54, 1.807) is 0 Å². The number of aromatic nitrogens is 1. The van der Waals surface area contributed by atoms with Crippen molar-refractivity contribution in [1.29, 1.82) is 0 Å². The minimum atomic E-state index is -0.0485. The van der Waals surface area contributed by atoms with Gasteiger partial charge in [0, 0.05) is 23.1 Å². The van der Waals surface area contributed by atoms with Gasteiger partial charge in [-0.15, -0.1) is 0 Å². The average Bonchev–Trinajstić information content (AvgIpc) is 3.02. The number of H-pyrrole nitrogens is 1. The number of ether oxygens (including phenoxy) is 1. The van der Waals surface area contributed by atoms with Crippen LogP contribution in [0.25, 0.3) is 10.9 Å². The van der Waals surface area contributed by atoms with E-state index in [1.807, 2.05) is 55.5 Å². The molecular formula is C23H29N3O2. The zero-order chi connectivity index (χ0) is 19.9. The maximum Gasteiger partial charge on any atom is 0.228 e. The second-order valence-corrected chi connectivity index (χ2v) is 6.87. The quantitative estimate of drug-likeness (QED) is 0.580. The molecule has 148 valence electrons. The molecule has 0 spiro atoms. The smallest absolute Gasteiger partial charge is 0.228 e. The number of carbonyl (C=O) groups excluding carboxylic acids is 1. The van der Waals surface area contributed by atoms with Crippen LogP contribution < -0.4 is 10.1 Å². The molecule has 1 amide bonds. The van der Waals surface area contributed by atoms with Gasteiger partial charge in [0.25, 0.3) is 0 Å². The summed E-state index contributed by atoms with van der Waals surface area (Å²) in [6.07, 6.45) is 0.323. The fourth-order valence-corrected chi connectivity index (χ4v) is 3.44. The van der Waals surface area contributed by atoms with Gasteiger partial charge in [-0.2, -0.15) is 0 Å². The van der Waals surface area contributed by atoms with Crippen molar-refractivity contribution in [1.82, 2.24) is 9.88 Å². The number of carbonyl (C=O) groups is 1. The molecule has 5 nitrogen and oxygen atoms in total. The van der Waals surface area contributed by atoms with Gasteiger partial charge in [-0.3, -0.25) is 4.79 Å². The molecule has 0 unspecified atom stereocenters. The van der Waals surface area contributed by atoms with Gasteiger partial charge in [0.15, 0.2) is 0 Å². The van der Waals surface area contributed by atoms with E-state index in [-0.39, 0.29) is 5.91 Å². The first kappa shape index (κ1) is 20.0. The predicted octanol–water partition coefficient (Wildman–Crippen LogP) is 4.38. The van der Waals surface area contributed by atoms with Gasteiger partial charge in [-0.1, -0.05) is 44.2 Å². The van der Waals surface area contributed by atoms with Crippen molar-refractivity contribution in [3.63, 3.8) is 0 Å². The maximum absolute atomic E-state index is 12.7. The molecule has 0 saturated carbocycles. The van der Waals surface area contributed by atoms with Gasteiger partial charge in [-0.25, -0.2) is 0 Å². The first-order chi connectivity index (χ1) is 13.6. The molecule has 2 aromatic carbocycles. The van der Waals surface area contributed by atoms with Gasteiger partial charge >= 0.3 is 0 Å². The standard InChI is InChI=1S/C23H29N3O2/c1-4-26(5-2)14-15-28-22-13-9-8-12-21(22)25-23(27)16-19-17(3)24-20-11-7-6-10-18(19)20/h6-13,24H,4-5,14-16H2,1-3H3,(H,25,27). The second kappa shape index (κ2) is 9.42. The predicted molar refractivity (Wildman–Crippen MR) is 115 cm³/mol. The molecule has 0 aliphatic heterocycles. The van der Waals surface area contributed by atoms with E-state index in [4.69, 9.17) is 4.74 Å². The first-order valence-electron chi connectivity index (χ1n) is 9.92. The SMILES string of the molecule is CCN(CC)CCOc1ccccc1NC(=O)Cc1c(C)[nH]c2ccccc12. The zero-order valence-corrected chi connectivity index (χ0v) is 16.9. The second-order valence-electron chi connectivity index (χ2n) is 6.87. The molecule has 0 radical (unpaired) electrons. The molecule has 0 aliphatic carbocycles. The lowest BCUT2D eigenvalue weighted by atomic mass is 10.1. The van der Waals surface area contributed by atoms with Crippen molar-refractivity contribution in [2.75, 3.05) is 31.6 Å².